The average molecular weight is 488 g/mol. The number of halogens is 3. The first-order chi connectivity index (χ1) is 12.0. The topological polar surface area (TPSA) is 64.7 Å². The molecule has 2 heterocycles. The molecule has 0 unspecified atom stereocenters. The number of hydrogen-bond acceptors (Lipinski definition) is 3. The van der Waals surface area contributed by atoms with Crippen molar-refractivity contribution in [2.45, 2.75) is 19.5 Å². The summed E-state index contributed by atoms with van der Waals surface area (Å²) < 4.78 is 5.03. The van der Waals surface area contributed by atoms with E-state index in [1.54, 1.807) is 15.6 Å². The van der Waals surface area contributed by atoms with Crippen molar-refractivity contribution in [3.8, 4) is 0 Å². The molecule has 0 atom stereocenters. The van der Waals surface area contributed by atoms with Crippen molar-refractivity contribution in [2.75, 3.05) is 5.32 Å². The maximum absolute atomic E-state index is 12.1. The lowest BCUT2D eigenvalue weighted by Gasteiger charge is -2.05. The number of hydrogen-bond donors (Lipinski definition) is 1. The first-order valence-electron chi connectivity index (χ1n) is 7.45. The minimum absolute atomic E-state index is 0.129. The number of aromatic nitrogens is 4. The van der Waals surface area contributed by atoms with Crippen LogP contribution in [0.1, 0.15) is 12.0 Å². The van der Waals surface area contributed by atoms with Crippen LogP contribution in [-0.4, -0.2) is 25.5 Å². The van der Waals surface area contributed by atoms with Crippen molar-refractivity contribution in [3.63, 3.8) is 0 Å². The van der Waals surface area contributed by atoms with Crippen molar-refractivity contribution in [3.05, 3.63) is 62.4 Å². The SMILES string of the molecule is O=C(CCn1cc(Br)cn1)Nc1nn(Cc2ccccc2Cl)cc1Br. The van der Waals surface area contributed by atoms with Crippen LogP contribution >= 0.6 is 43.5 Å². The second-order valence-electron chi connectivity index (χ2n) is 5.33. The second kappa shape index (κ2) is 8.16. The Hall–Kier alpha value is -1.64. The molecule has 130 valence electrons. The number of nitrogens with zero attached hydrogens (tertiary/aromatic N) is 4. The fourth-order valence-corrected chi connectivity index (χ4v) is 3.17. The van der Waals surface area contributed by atoms with Gasteiger partial charge in [-0.3, -0.25) is 14.2 Å². The monoisotopic (exact) mass is 485 g/mol. The highest BCUT2D eigenvalue weighted by molar-refractivity contribution is 9.10. The number of carbonyl (C=O) groups is 1. The van der Waals surface area contributed by atoms with Gasteiger partial charge in [0.2, 0.25) is 5.91 Å². The molecule has 1 N–H and O–H groups in total. The molecule has 3 rings (SSSR count). The number of rotatable bonds is 6. The summed E-state index contributed by atoms with van der Waals surface area (Å²) in [4.78, 5) is 12.1. The fourth-order valence-electron chi connectivity index (χ4n) is 2.24. The van der Waals surface area contributed by atoms with E-state index in [-0.39, 0.29) is 5.91 Å². The maximum Gasteiger partial charge on any atom is 0.227 e. The molecule has 2 aromatic heterocycles. The molecule has 0 radical (unpaired) electrons. The van der Waals surface area contributed by atoms with Crippen LogP contribution in [0, 0.1) is 0 Å². The zero-order valence-corrected chi connectivity index (χ0v) is 16.9. The molecular weight excluding hydrogens is 473 g/mol. The van der Waals surface area contributed by atoms with E-state index in [1.807, 2.05) is 36.7 Å². The highest BCUT2D eigenvalue weighted by Crippen LogP contribution is 2.22. The van der Waals surface area contributed by atoms with Crippen LogP contribution < -0.4 is 5.32 Å². The molecule has 25 heavy (non-hydrogen) atoms. The van der Waals surface area contributed by atoms with E-state index < -0.39 is 0 Å². The summed E-state index contributed by atoms with van der Waals surface area (Å²) in [6.07, 6.45) is 5.62. The molecule has 0 saturated heterocycles. The zero-order valence-electron chi connectivity index (χ0n) is 13.0. The van der Waals surface area contributed by atoms with Gasteiger partial charge in [0.25, 0.3) is 0 Å². The van der Waals surface area contributed by atoms with Crippen LogP contribution in [0.15, 0.2) is 51.8 Å². The molecule has 0 fully saturated rings. The smallest absolute Gasteiger partial charge is 0.227 e. The van der Waals surface area contributed by atoms with Gasteiger partial charge >= 0.3 is 0 Å². The molecular formula is C16H14Br2ClN5O. The lowest BCUT2D eigenvalue weighted by molar-refractivity contribution is -0.116. The van der Waals surface area contributed by atoms with Crippen molar-refractivity contribution in [2.24, 2.45) is 0 Å². The Kier molecular flexibility index (Phi) is 5.93. The Bertz CT molecular complexity index is 892. The largest absolute Gasteiger partial charge is 0.308 e. The molecule has 3 aromatic rings. The molecule has 9 heteroatoms. The van der Waals surface area contributed by atoms with Crippen molar-refractivity contribution >= 4 is 55.2 Å². The molecule has 0 aliphatic heterocycles. The van der Waals surface area contributed by atoms with Gasteiger partial charge in [0.15, 0.2) is 5.82 Å². The lowest BCUT2D eigenvalue weighted by Crippen LogP contribution is -2.15. The highest BCUT2D eigenvalue weighted by Gasteiger charge is 2.11. The fraction of sp³-hybridized carbons (Fsp3) is 0.188. The Balaban J connectivity index is 1.60. The standard InChI is InChI=1S/C16H14Br2ClN5O/c17-12-7-20-23(9-12)6-5-15(25)21-16-13(18)10-24(22-16)8-11-3-1-2-4-14(11)19/h1-4,7,9-10H,5-6,8H2,(H,21,22,25). The first kappa shape index (κ1) is 18.2. The third-order valence-corrected chi connectivity index (χ3v) is 4.79. The number of aryl methyl sites for hydroxylation is 1. The average Bonchev–Trinajstić information content (AvgIpc) is 3.14. The van der Waals surface area contributed by atoms with E-state index in [2.05, 4.69) is 47.4 Å². The summed E-state index contributed by atoms with van der Waals surface area (Å²) in [7, 11) is 0. The van der Waals surface area contributed by atoms with E-state index in [1.165, 1.54) is 0 Å². The predicted molar refractivity (Wildman–Crippen MR) is 104 cm³/mol. The number of anilines is 1. The number of carbonyl (C=O) groups excluding carboxylic acids is 1. The van der Waals surface area contributed by atoms with E-state index in [4.69, 9.17) is 11.6 Å². The molecule has 1 aromatic carbocycles. The zero-order chi connectivity index (χ0) is 17.8. The summed E-state index contributed by atoms with van der Waals surface area (Å²) in [5.41, 5.74) is 0.960. The van der Waals surface area contributed by atoms with Gasteiger partial charge in [-0.15, -0.1) is 0 Å². The van der Waals surface area contributed by atoms with Gasteiger partial charge in [0, 0.05) is 30.4 Å². The Morgan fingerprint density at radius 3 is 2.72 bits per heavy atom. The van der Waals surface area contributed by atoms with Crippen molar-refractivity contribution in [1.82, 2.24) is 19.6 Å². The van der Waals surface area contributed by atoms with Crippen molar-refractivity contribution < 1.29 is 4.79 Å². The summed E-state index contributed by atoms with van der Waals surface area (Å²) in [5.74, 6) is 0.356. The van der Waals surface area contributed by atoms with Crippen LogP contribution in [-0.2, 0) is 17.9 Å². The molecule has 0 spiro atoms. The highest BCUT2D eigenvalue weighted by atomic mass is 79.9. The summed E-state index contributed by atoms with van der Waals surface area (Å²) in [5, 5.41) is 12.0. The quantitative estimate of drug-likeness (QED) is 0.563. The van der Waals surface area contributed by atoms with Gasteiger partial charge in [-0.1, -0.05) is 29.8 Å². The van der Waals surface area contributed by atoms with Gasteiger partial charge in [-0.2, -0.15) is 10.2 Å². The van der Waals surface area contributed by atoms with Crippen LogP contribution in [0.25, 0.3) is 0 Å². The minimum atomic E-state index is -0.129. The first-order valence-corrected chi connectivity index (χ1v) is 9.42. The predicted octanol–water partition coefficient (Wildman–Crippen LogP) is 4.34. The summed E-state index contributed by atoms with van der Waals surface area (Å²) >= 11 is 12.9. The van der Waals surface area contributed by atoms with Crippen LogP contribution in [0.5, 0.6) is 0 Å². The maximum atomic E-state index is 12.1. The number of nitrogens with one attached hydrogen (secondary N) is 1. The summed E-state index contributed by atoms with van der Waals surface area (Å²) in [6, 6.07) is 7.59. The number of amides is 1. The normalized spacial score (nSPS) is 10.8. The van der Waals surface area contributed by atoms with E-state index in [0.29, 0.717) is 30.4 Å². The molecule has 0 aliphatic rings. The molecule has 0 aliphatic carbocycles. The molecule has 6 nitrogen and oxygen atoms in total. The third-order valence-electron chi connectivity index (χ3n) is 3.43. The van der Waals surface area contributed by atoms with Gasteiger partial charge in [0.1, 0.15) is 0 Å². The van der Waals surface area contributed by atoms with Crippen LogP contribution in [0.4, 0.5) is 5.82 Å². The van der Waals surface area contributed by atoms with E-state index >= 15 is 0 Å². The third kappa shape index (κ3) is 4.93. The molecule has 0 saturated carbocycles. The Labute approximate surface area is 166 Å². The Morgan fingerprint density at radius 1 is 1.20 bits per heavy atom. The van der Waals surface area contributed by atoms with E-state index in [9.17, 15) is 4.79 Å². The van der Waals surface area contributed by atoms with Gasteiger partial charge in [-0.25, -0.2) is 0 Å². The second-order valence-corrected chi connectivity index (χ2v) is 7.51. The Morgan fingerprint density at radius 2 is 2.00 bits per heavy atom. The van der Waals surface area contributed by atoms with Gasteiger partial charge < -0.3 is 5.32 Å². The number of benzene rings is 1. The van der Waals surface area contributed by atoms with Crippen molar-refractivity contribution in [1.29, 1.82) is 0 Å². The van der Waals surface area contributed by atoms with Gasteiger partial charge in [-0.05, 0) is 43.5 Å². The van der Waals surface area contributed by atoms with Crippen LogP contribution in [0.2, 0.25) is 5.02 Å². The lowest BCUT2D eigenvalue weighted by atomic mass is 10.2. The molecule has 0 bridgehead atoms. The van der Waals surface area contributed by atoms with Crippen LogP contribution in [0.3, 0.4) is 0 Å². The van der Waals surface area contributed by atoms with Gasteiger partial charge in [0.05, 0.1) is 21.7 Å². The summed E-state index contributed by atoms with van der Waals surface area (Å²) in [6.45, 7) is 1.02. The minimum Gasteiger partial charge on any atom is -0.308 e. The molecule has 1 amide bonds. The van der Waals surface area contributed by atoms with E-state index in [0.717, 1.165) is 14.5 Å².